The molecule has 2 heterocycles. The molecule has 0 radical (unpaired) electrons. The maximum atomic E-state index is 13.3. The molecule has 0 saturated carbocycles. The smallest absolute Gasteiger partial charge is 0.397 e. The summed E-state index contributed by atoms with van der Waals surface area (Å²) in [6.07, 6.45) is -4.91. The molecule has 0 saturated heterocycles. The van der Waals surface area contributed by atoms with Crippen LogP contribution < -0.4 is 4.31 Å². The highest BCUT2D eigenvalue weighted by Gasteiger charge is 2.44. The molecule has 1 atom stereocenters. The summed E-state index contributed by atoms with van der Waals surface area (Å²) >= 11 is 3.82. The third-order valence-electron chi connectivity index (χ3n) is 3.93. The molecule has 3 rings (SSSR count). The summed E-state index contributed by atoms with van der Waals surface area (Å²) in [5, 5.41) is -0.445. The van der Waals surface area contributed by atoms with Crippen LogP contribution in [0.25, 0.3) is 10.7 Å². The number of benzene rings is 1. The fraction of sp³-hybridized carbons (Fsp3) is 0.250. The summed E-state index contributed by atoms with van der Waals surface area (Å²) in [6, 6.07) is 1.84. The molecule has 1 unspecified atom stereocenters. The molecule has 1 aromatic carbocycles. The Hall–Kier alpha value is -2.32. The van der Waals surface area contributed by atoms with Gasteiger partial charge >= 0.3 is 6.18 Å². The number of aromatic nitrogens is 2. The van der Waals surface area contributed by atoms with Crippen LogP contribution in [0.2, 0.25) is 5.02 Å². The summed E-state index contributed by atoms with van der Waals surface area (Å²) in [4.78, 5) is 6.60. The van der Waals surface area contributed by atoms with Crippen molar-refractivity contribution in [1.82, 2.24) is 9.97 Å². The first kappa shape index (κ1) is 23.3. The Labute approximate surface area is 180 Å². The molecule has 1 aromatic heterocycles. The predicted molar refractivity (Wildman–Crippen MR) is 103 cm³/mol. The van der Waals surface area contributed by atoms with E-state index in [1.54, 1.807) is 0 Å². The van der Waals surface area contributed by atoms with Gasteiger partial charge in [-0.3, -0.25) is 0 Å². The minimum absolute atomic E-state index is 0.192. The summed E-state index contributed by atoms with van der Waals surface area (Å²) < 4.78 is 110. The molecule has 0 amide bonds. The lowest BCUT2D eigenvalue weighted by Gasteiger charge is -2.31. The zero-order valence-electron chi connectivity index (χ0n) is 15.2. The largest absolute Gasteiger partial charge is 0.416 e. The molecule has 31 heavy (non-hydrogen) atoms. The SMILES string of the molecule is CS(=O)OC1=C(c2cc(C(F)(F)F)ccc2Cl)S(=O)(=O)N(CC(F)F)c2nccnc21. The molecular formula is C16H11ClF5N3O4S2. The highest BCUT2D eigenvalue weighted by atomic mass is 35.5. The van der Waals surface area contributed by atoms with Crippen LogP contribution in [0, 0.1) is 0 Å². The maximum absolute atomic E-state index is 13.3. The van der Waals surface area contributed by atoms with E-state index >= 15 is 0 Å². The van der Waals surface area contributed by atoms with Crippen LogP contribution in [0.15, 0.2) is 30.6 Å². The highest BCUT2D eigenvalue weighted by Crippen LogP contribution is 2.45. The predicted octanol–water partition coefficient (Wildman–Crippen LogP) is 3.70. The maximum Gasteiger partial charge on any atom is 0.416 e. The van der Waals surface area contributed by atoms with Crippen molar-refractivity contribution in [2.24, 2.45) is 0 Å². The Morgan fingerprint density at radius 1 is 1.23 bits per heavy atom. The minimum Gasteiger partial charge on any atom is -0.397 e. The van der Waals surface area contributed by atoms with Crippen molar-refractivity contribution in [1.29, 1.82) is 0 Å². The fourth-order valence-corrected chi connectivity index (χ4v) is 5.19. The van der Waals surface area contributed by atoms with Crippen molar-refractivity contribution in [2.75, 3.05) is 17.1 Å². The molecule has 2 aromatic rings. The molecule has 1 aliphatic rings. The van der Waals surface area contributed by atoms with Crippen LogP contribution in [0.5, 0.6) is 0 Å². The number of fused-ring (bicyclic) bond motifs is 1. The normalized spacial score (nSPS) is 17.0. The molecule has 168 valence electrons. The van der Waals surface area contributed by atoms with Crippen molar-refractivity contribution in [3.8, 4) is 0 Å². The standard InChI is InChI=1S/C16H11ClF5N3O4S2/c1-30(26)29-13-12-15(24-5-4-23-12)25(7-11(18)19)31(27,28)14(13)9-6-8(16(20,21)22)2-3-10(9)17/h2-6,11H,7H2,1H3. The van der Waals surface area contributed by atoms with Crippen molar-refractivity contribution < 1.29 is 38.8 Å². The van der Waals surface area contributed by atoms with Gasteiger partial charge in [-0.15, -0.1) is 0 Å². The second kappa shape index (κ2) is 8.31. The van der Waals surface area contributed by atoms with E-state index in [-0.39, 0.29) is 4.31 Å². The van der Waals surface area contributed by atoms with Gasteiger partial charge in [0.15, 0.2) is 17.3 Å². The van der Waals surface area contributed by atoms with Crippen LogP contribution in [-0.2, 0) is 31.5 Å². The summed E-state index contributed by atoms with van der Waals surface area (Å²) in [5.41, 5.74) is -2.35. The Morgan fingerprint density at radius 2 is 1.87 bits per heavy atom. The van der Waals surface area contributed by atoms with Crippen molar-refractivity contribution in [3.05, 3.63) is 52.4 Å². The quantitative estimate of drug-likeness (QED) is 0.578. The molecule has 1 aliphatic heterocycles. The lowest BCUT2D eigenvalue weighted by molar-refractivity contribution is -0.137. The van der Waals surface area contributed by atoms with E-state index < -0.39 is 78.6 Å². The van der Waals surface area contributed by atoms with Gasteiger partial charge in [0.2, 0.25) is 11.1 Å². The molecule has 0 aliphatic carbocycles. The first-order chi connectivity index (χ1) is 14.3. The van der Waals surface area contributed by atoms with E-state index in [2.05, 4.69) is 9.97 Å². The molecule has 0 fully saturated rings. The van der Waals surface area contributed by atoms with Crippen LogP contribution in [0.3, 0.4) is 0 Å². The van der Waals surface area contributed by atoms with Gasteiger partial charge < -0.3 is 4.18 Å². The van der Waals surface area contributed by atoms with Gasteiger partial charge in [-0.25, -0.2) is 35.7 Å². The van der Waals surface area contributed by atoms with Crippen molar-refractivity contribution in [3.63, 3.8) is 0 Å². The average Bonchev–Trinajstić information content (AvgIpc) is 2.64. The minimum atomic E-state index is -4.99. The molecule has 0 bridgehead atoms. The van der Waals surface area contributed by atoms with Gasteiger partial charge in [-0.1, -0.05) is 11.6 Å². The second-order valence-electron chi connectivity index (χ2n) is 5.99. The second-order valence-corrected chi connectivity index (χ2v) is 9.17. The summed E-state index contributed by atoms with van der Waals surface area (Å²) in [5.74, 6) is -1.29. The number of alkyl halides is 5. The Bertz CT molecular complexity index is 1190. The van der Waals surface area contributed by atoms with Crippen molar-refractivity contribution >= 4 is 49.2 Å². The number of halogens is 6. The number of hydrogen-bond acceptors (Lipinski definition) is 6. The summed E-state index contributed by atoms with van der Waals surface area (Å²) in [7, 11) is -4.99. The monoisotopic (exact) mass is 503 g/mol. The number of nitrogens with zero attached hydrogens (tertiary/aromatic N) is 3. The van der Waals surface area contributed by atoms with Crippen LogP contribution in [-0.4, -0.2) is 41.8 Å². The molecule has 0 N–H and O–H groups in total. The van der Waals surface area contributed by atoms with Gasteiger partial charge in [0.05, 0.1) is 12.1 Å². The van der Waals surface area contributed by atoms with Gasteiger partial charge in [-0.2, -0.15) is 13.2 Å². The first-order valence-electron chi connectivity index (χ1n) is 8.09. The third-order valence-corrected chi connectivity index (χ3v) is 6.48. The number of hydrogen-bond donors (Lipinski definition) is 0. The molecular weight excluding hydrogens is 493 g/mol. The Kier molecular flexibility index (Phi) is 6.26. The van der Waals surface area contributed by atoms with E-state index in [1.807, 2.05) is 0 Å². The lowest BCUT2D eigenvalue weighted by Crippen LogP contribution is -2.40. The van der Waals surface area contributed by atoms with Crippen molar-refractivity contribution in [2.45, 2.75) is 12.6 Å². The number of sulfonamides is 1. The molecule has 0 spiro atoms. The van der Waals surface area contributed by atoms with Gasteiger partial charge in [0.25, 0.3) is 16.4 Å². The number of anilines is 1. The van der Waals surface area contributed by atoms with E-state index in [1.165, 1.54) is 0 Å². The Balaban J connectivity index is 2.44. The third kappa shape index (κ3) is 4.50. The first-order valence-corrected chi connectivity index (χ1v) is 11.4. The van der Waals surface area contributed by atoms with E-state index in [0.29, 0.717) is 12.1 Å². The lowest BCUT2D eigenvalue weighted by atomic mass is 10.1. The zero-order chi connectivity index (χ0) is 23.1. The number of rotatable bonds is 5. The van der Waals surface area contributed by atoms with Crippen LogP contribution in [0.1, 0.15) is 16.8 Å². The van der Waals surface area contributed by atoms with Crippen LogP contribution in [0.4, 0.5) is 27.8 Å². The zero-order valence-corrected chi connectivity index (χ0v) is 17.6. The van der Waals surface area contributed by atoms with Gasteiger partial charge in [-0.05, 0) is 18.2 Å². The summed E-state index contributed by atoms with van der Waals surface area (Å²) in [6.45, 7) is -1.36. The topological polar surface area (TPSA) is 89.5 Å². The Morgan fingerprint density at radius 3 is 2.45 bits per heavy atom. The average molecular weight is 504 g/mol. The van der Waals surface area contributed by atoms with Crippen LogP contribution >= 0.6 is 11.6 Å². The molecule has 7 nitrogen and oxygen atoms in total. The highest BCUT2D eigenvalue weighted by molar-refractivity contribution is 8.02. The van der Waals surface area contributed by atoms with E-state index in [4.69, 9.17) is 15.8 Å². The van der Waals surface area contributed by atoms with Gasteiger partial charge in [0, 0.05) is 29.2 Å². The van der Waals surface area contributed by atoms with E-state index in [0.717, 1.165) is 24.7 Å². The van der Waals surface area contributed by atoms with E-state index in [9.17, 15) is 34.6 Å². The van der Waals surface area contributed by atoms with Gasteiger partial charge in [0.1, 0.15) is 4.91 Å². The molecule has 15 heteroatoms. The fourth-order valence-electron chi connectivity index (χ4n) is 2.76.